The van der Waals surface area contributed by atoms with Crippen LogP contribution in [0.25, 0.3) is 11.7 Å². The fourth-order valence-corrected chi connectivity index (χ4v) is 3.30. The van der Waals surface area contributed by atoms with E-state index in [4.69, 9.17) is 0 Å². The Labute approximate surface area is 166 Å². The second-order valence-electron chi connectivity index (χ2n) is 7.29. The molecule has 2 fully saturated rings. The lowest BCUT2D eigenvalue weighted by atomic mass is 10.1. The number of hydrogen-bond donors (Lipinski definition) is 3. The van der Waals surface area contributed by atoms with Crippen LogP contribution in [0.1, 0.15) is 24.8 Å². The molecule has 1 amide bonds. The van der Waals surface area contributed by atoms with Gasteiger partial charge in [0.25, 0.3) is 0 Å². The third kappa shape index (κ3) is 3.56. The van der Waals surface area contributed by atoms with Crippen molar-refractivity contribution in [2.45, 2.75) is 25.3 Å². The SMILES string of the molecule is C=C1NC(=O)C/C1=C\c1cnn2c(NC3CC3)cc(Nc3cccc(F)c3)nc12. The summed E-state index contributed by atoms with van der Waals surface area (Å²) < 4.78 is 15.3. The topological polar surface area (TPSA) is 83.4 Å². The van der Waals surface area contributed by atoms with Crippen molar-refractivity contribution in [1.82, 2.24) is 19.9 Å². The Bertz CT molecular complexity index is 1180. The van der Waals surface area contributed by atoms with Crippen LogP contribution in [-0.2, 0) is 4.79 Å². The molecule has 1 saturated carbocycles. The number of anilines is 3. The van der Waals surface area contributed by atoms with Gasteiger partial charge in [-0.3, -0.25) is 4.79 Å². The number of benzene rings is 1. The second kappa shape index (κ2) is 6.73. The van der Waals surface area contributed by atoms with E-state index in [2.05, 4.69) is 32.6 Å². The summed E-state index contributed by atoms with van der Waals surface area (Å²) in [5, 5.41) is 13.8. The monoisotopic (exact) mass is 390 g/mol. The van der Waals surface area contributed by atoms with Gasteiger partial charge in [-0.15, -0.1) is 0 Å². The Morgan fingerprint density at radius 3 is 2.90 bits per heavy atom. The molecule has 146 valence electrons. The van der Waals surface area contributed by atoms with Crippen LogP contribution in [0, 0.1) is 5.82 Å². The molecule has 1 aliphatic heterocycles. The smallest absolute Gasteiger partial charge is 0.228 e. The Kier molecular flexibility index (Phi) is 4.04. The predicted octanol–water partition coefficient (Wildman–Crippen LogP) is 3.60. The van der Waals surface area contributed by atoms with Crippen LogP contribution < -0.4 is 16.0 Å². The molecule has 2 aliphatic rings. The summed E-state index contributed by atoms with van der Waals surface area (Å²) in [7, 11) is 0. The Morgan fingerprint density at radius 2 is 2.17 bits per heavy atom. The fourth-order valence-electron chi connectivity index (χ4n) is 3.30. The van der Waals surface area contributed by atoms with Crippen molar-refractivity contribution in [3.05, 3.63) is 65.8 Å². The molecular formula is C21H19FN6O. The molecule has 0 bridgehead atoms. The normalized spacial score (nSPS) is 17.8. The highest BCUT2D eigenvalue weighted by Crippen LogP contribution is 2.29. The maximum atomic E-state index is 13.6. The van der Waals surface area contributed by atoms with E-state index in [0.717, 1.165) is 29.8 Å². The molecule has 1 saturated heterocycles. The average Bonchev–Trinajstić information content (AvgIpc) is 3.31. The average molecular weight is 390 g/mol. The molecule has 2 aromatic heterocycles. The highest BCUT2D eigenvalue weighted by molar-refractivity contribution is 5.89. The van der Waals surface area contributed by atoms with Crippen molar-refractivity contribution in [2.75, 3.05) is 10.6 Å². The van der Waals surface area contributed by atoms with E-state index < -0.39 is 0 Å². The van der Waals surface area contributed by atoms with Crippen molar-refractivity contribution >= 4 is 35.0 Å². The third-order valence-corrected chi connectivity index (χ3v) is 4.88. The zero-order valence-corrected chi connectivity index (χ0v) is 15.6. The minimum atomic E-state index is -0.320. The van der Waals surface area contributed by atoms with E-state index in [1.807, 2.05) is 12.1 Å². The molecule has 0 radical (unpaired) electrons. The highest BCUT2D eigenvalue weighted by atomic mass is 19.1. The molecule has 1 aromatic carbocycles. The Morgan fingerprint density at radius 1 is 1.31 bits per heavy atom. The quantitative estimate of drug-likeness (QED) is 0.620. The first kappa shape index (κ1) is 17.4. The Balaban J connectivity index is 1.57. The van der Waals surface area contributed by atoms with Crippen LogP contribution in [0.4, 0.5) is 21.7 Å². The van der Waals surface area contributed by atoms with Crippen LogP contribution in [0.5, 0.6) is 0 Å². The number of fused-ring (bicyclic) bond motifs is 1. The van der Waals surface area contributed by atoms with Gasteiger partial charge in [0.1, 0.15) is 17.5 Å². The molecule has 29 heavy (non-hydrogen) atoms. The molecule has 3 N–H and O–H groups in total. The Hall–Kier alpha value is -3.68. The first-order valence-corrected chi connectivity index (χ1v) is 9.43. The number of amides is 1. The van der Waals surface area contributed by atoms with Gasteiger partial charge in [-0.1, -0.05) is 12.6 Å². The van der Waals surface area contributed by atoms with Crippen LogP contribution in [-0.4, -0.2) is 26.5 Å². The molecule has 0 spiro atoms. The van der Waals surface area contributed by atoms with Gasteiger partial charge < -0.3 is 16.0 Å². The second-order valence-corrected chi connectivity index (χ2v) is 7.29. The van der Waals surface area contributed by atoms with E-state index in [-0.39, 0.29) is 18.1 Å². The summed E-state index contributed by atoms with van der Waals surface area (Å²) in [5.74, 6) is 0.987. The van der Waals surface area contributed by atoms with Crippen molar-refractivity contribution < 1.29 is 9.18 Å². The van der Waals surface area contributed by atoms with E-state index in [0.29, 0.717) is 28.9 Å². The summed E-state index contributed by atoms with van der Waals surface area (Å²) in [6, 6.07) is 8.52. The summed E-state index contributed by atoms with van der Waals surface area (Å²) in [6.07, 6.45) is 6.10. The third-order valence-electron chi connectivity index (χ3n) is 4.88. The lowest BCUT2D eigenvalue weighted by Gasteiger charge is -2.11. The van der Waals surface area contributed by atoms with Gasteiger partial charge in [0.05, 0.1) is 12.6 Å². The molecular weight excluding hydrogens is 371 g/mol. The zero-order chi connectivity index (χ0) is 20.0. The number of carbonyl (C=O) groups is 1. The van der Waals surface area contributed by atoms with Crippen LogP contribution in [0.15, 0.2) is 54.4 Å². The molecule has 0 unspecified atom stereocenters. The molecule has 0 atom stereocenters. The van der Waals surface area contributed by atoms with Crippen molar-refractivity contribution in [1.29, 1.82) is 0 Å². The molecule has 8 heteroatoms. The number of hydrogen-bond acceptors (Lipinski definition) is 5. The lowest BCUT2D eigenvalue weighted by molar-refractivity contribution is -0.118. The number of nitrogens with zero attached hydrogens (tertiary/aromatic N) is 3. The number of allylic oxidation sites excluding steroid dienone is 1. The molecule has 5 rings (SSSR count). The standard InChI is InChI=1S/C21H19FN6O/c1-12-13(8-20(29)24-12)7-14-11-23-28-19(26-16-5-6-16)10-18(27-21(14)28)25-17-4-2-3-15(22)9-17/h2-4,7,9-11,16,26H,1,5-6,8H2,(H,24,29)(H,25,27)/b13-7+. The highest BCUT2D eigenvalue weighted by Gasteiger charge is 2.24. The van der Waals surface area contributed by atoms with Crippen molar-refractivity contribution in [3.8, 4) is 0 Å². The summed E-state index contributed by atoms with van der Waals surface area (Å²) in [4.78, 5) is 16.3. The largest absolute Gasteiger partial charge is 0.367 e. The van der Waals surface area contributed by atoms with Crippen LogP contribution in [0.2, 0.25) is 0 Å². The number of halogens is 1. The van der Waals surface area contributed by atoms with Gasteiger partial charge in [-0.2, -0.15) is 9.61 Å². The van der Waals surface area contributed by atoms with Crippen molar-refractivity contribution in [2.24, 2.45) is 0 Å². The van der Waals surface area contributed by atoms with E-state index >= 15 is 0 Å². The predicted molar refractivity (Wildman–Crippen MR) is 109 cm³/mol. The molecule has 3 aromatic rings. The summed E-state index contributed by atoms with van der Waals surface area (Å²) in [5.41, 5.74) is 3.43. The number of rotatable bonds is 5. The van der Waals surface area contributed by atoms with Gasteiger partial charge in [0.15, 0.2) is 5.65 Å². The number of carbonyl (C=O) groups excluding carboxylic acids is 1. The van der Waals surface area contributed by atoms with E-state index in [1.54, 1.807) is 22.8 Å². The minimum absolute atomic E-state index is 0.0739. The van der Waals surface area contributed by atoms with Crippen molar-refractivity contribution in [3.63, 3.8) is 0 Å². The van der Waals surface area contributed by atoms with E-state index in [1.165, 1.54) is 12.1 Å². The summed E-state index contributed by atoms with van der Waals surface area (Å²) >= 11 is 0. The van der Waals surface area contributed by atoms with Crippen LogP contribution >= 0.6 is 0 Å². The minimum Gasteiger partial charge on any atom is -0.367 e. The first-order chi connectivity index (χ1) is 14.0. The van der Waals surface area contributed by atoms with Gasteiger partial charge in [0.2, 0.25) is 5.91 Å². The maximum absolute atomic E-state index is 13.6. The molecule has 3 heterocycles. The lowest BCUT2D eigenvalue weighted by Crippen LogP contribution is -2.10. The van der Waals surface area contributed by atoms with E-state index in [9.17, 15) is 9.18 Å². The first-order valence-electron chi connectivity index (χ1n) is 9.43. The number of aromatic nitrogens is 3. The zero-order valence-electron chi connectivity index (χ0n) is 15.6. The molecule has 1 aliphatic carbocycles. The maximum Gasteiger partial charge on any atom is 0.228 e. The number of nitrogens with one attached hydrogen (secondary N) is 3. The van der Waals surface area contributed by atoms with Crippen LogP contribution in [0.3, 0.4) is 0 Å². The summed E-state index contributed by atoms with van der Waals surface area (Å²) in [6.45, 7) is 3.89. The van der Waals surface area contributed by atoms with Gasteiger partial charge >= 0.3 is 0 Å². The fraction of sp³-hybridized carbons (Fsp3) is 0.190. The molecule has 7 nitrogen and oxygen atoms in total. The van der Waals surface area contributed by atoms with Gasteiger partial charge in [0, 0.05) is 29.1 Å². The van der Waals surface area contributed by atoms with Gasteiger partial charge in [-0.05, 0) is 42.7 Å². The van der Waals surface area contributed by atoms with Gasteiger partial charge in [-0.25, -0.2) is 9.37 Å².